The third-order valence-electron chi connectivity index (χ3n) is 2.18. The first-order valence-electron chi connectivity index (χ1n) is 4.99. The van der Waals surface area contributed by atoms with Crippen LogP contribution < -0.4 is 0 Å². The van der Waals surface area contributed by atoms with Gasteiger partial charge < -0.3 is 0 Å². The topological polar surface area (TPSA) is 17.1 Å². The largest absolute Gasteiger partial charge is 0.276 e. The van der Waals surface area contributed by atoms with Crippen molar-refractivity contribution >= 4 is 28.6 Å². The zero-order valence-corrected chi connectivity index (χ0v) is 10.6. The van der Waals surface area contributed by atoms with Crippen LogP contribution in [0.15, 0.2) is 52.3 Å². The first kappa shape index (κ1) is 13.1. The van der Waals surface area contributed by atoms with E-state index in [-0.39, 0.29) is 5.56 Å². The van der Waals surface area contributed by atoms with Crippen molar-refractivity contribution in [2.75, 3.05) is 0 Å². The number of hydrogen-bond acceptors (Lipinski definition) is 2. The predicted molar refractivity (Wildman–Crippen MR) is 67.1 cm³/mol. The number of halogens is 3. The van der Waals surface area contributed by atoms with Crippen LogP contribution in [0.1, 0.15) is 10.4 Å². The molecule has 0 aromatic heterocycles. The molecule has 0 bridgehead atoms. The monoisotopic (exact) mass is 284 g/mol. The summed E-state index contributed by atoms with van der Waals surface area (Å²) in [5, 5.41) is -0.672. The summed E-state index contributed by atoms with van der Waals surface area (Å²) in [6, 6.07) is 9.49. The van der Waals surface area contributed by atoms with Crippen molar-refractivity contribution in [2.45, 2.75) is 9.79 Å². The van der Waals surface area contributed by atoms with E-state index in [0.717, 1.165) is 17.8 Å². The maximum Gasteiger partial charge on any atom is 0.253 e. The molecule has 0 spiro atoms. The van der Waals surface area contributed by atoms with Crippen molar-refractivity contribution in [1.29, 1.82) is 0 Å². The minimum absolute atomic E-state index is 0.201. The van der Waals surface area contributed by atoms with Crippen LogP contribution in [0.4, 0.5) is 8.78 Å². The van der Waals surface area contributed by atoms with E-state index >= 15 is 0 Å². The molecule has 2 aromatic carbocycles. The minimum Gasteiger partial charge on any atom is -0.276 e. The molecule has 5 heteroatoms. The molecule has 0 amide bonds. The second-order valence-corrected chi connectivity index (χ2v) is 4.93. The van der Waals surface area contributed by atoms with Crippen molar-refractivity contribution in [2.24, 2.45) is 0 Å². The van der Waals surface area contributed by atoms with Gasteiger partial charge in [0.1, 0.15) is 11.6 Å². The van der Waals surface area contributed by atoms with Gasteiger partial charge in [0.25, 0.3) is 5.24 Å². The molecule has 0 unspecified atom stereocenters. The van der Waals surface area contributed by atoms with Gasteiger partial charge in [0.2, 0.25) is 0 Å². The van der Waals surface area contributed by atoms with Crippen molar-refractivity contribution < 1.29 is 13.6 Å². The summed E-state index contributed by atoms with van der Waals surface area (Å²) < 4.78 is 26.2. The number of hydrogen-bond donors (Lipinski definition) is 0. The SMILES string of the molecule is O=C(Cl)c1ccc(F)cc1Sc1cccc(F)c1. The molecule has 0 heterocycles. The Hall–Kier alpha value is -1.39. The van der Waals surface area contributed by atoms with Crippen LogP contribution in [0.3, 0.4) is 0 Å². The molecule has 92 valence electrons. The van der Waals surface area contributed by atoms with Gasteiger partial charge in [0, 0.05) is 15.4 Å². The van der Waals surface area contributed by atoms with E-state index in [2.05, 4.69) is 0 Å². The smallest absolute Gasteiger partial charge is 0.253 e. The molecular weight excluding hydrogens is 278 g/mol. The van der Waals surface area contributed by atoms with Crippen molar-refractivity contribution in [3.05, 3.63) is 59.7 Å². The maximum absolute atomic E-state index is 13.2. The summed E-state index contributed by atoms with van der Waals surface area (Å²) in [5.74, 6) is -0.870. The summed E-state index contributed by atoms with van der Waals surface area (Å²) in [6.45, 7) is 0. The lowest BCUT2D eigenvalue weighted by molar-refractivity contribution is 0.107. The number of carbonyl (C=O) groups is 1. The number of carbonyl (C=O) groups excluding carboxylic acids is 1. The van der Waals surface area contributed by atoms with E-state index in [1.165, 1.54) is 24.3 Å². The third kappa shape index (κ3) is 3.09. The Balaban J connectivity index is 2.39. The molecule has 0 aliphatic carbocycles. The van der Waals surface area contributed by atoms with Gasteiger partial charge in [0.05, 0.1) is 0 Å². The summed E-state index contributed by atoms with van der Waals surface area (Å²) in [7, 11) is 0. The third-order valence-corrected chi connectivity index (χ3v) is 3.43. The lowest BCUT2D eigenvalue weighted by atomic mass is 10.2. The summed E-state index contributed by atoms with van der Waals surface area (Å²) in [6.07, 6.45) is 0. The standard InChI is InChI=1S/C13H7ClF2OS/c14-13(17)11-5-4-9(16)7-12(11)18-10-3-1-2-8(15)6-10/h1-7H. The van der Waals surface area contributed by atoms with Crippen molar-refractivity contribution in [3.63, 3.8) is 0 Å². The molecule has 0 saturated heterocycles. The zero-order valence-electron chi connectivity index (χ0n) is 8.99. The fourth-order valence-electron chi connectivity index (χ4n) is 1.40. The summed E-state index contributed by atoms with van der Waals surface area (Å²) in [4.78, 5) is 12.1. The quantitative estimate of drug-likeness (QED) is 0.772. The molecule has 2 rings (SSSR count). The van der Waals surface area contributed by atoms with Gasteiger partial charge in [-0.1, -0.05) is 17.8 Å². The van der Waals surface area contributed by atoms with Crippen LogP contribution in [-0.4, -0.2) is 5.24 Å². The lowest BCUT2D eigenvalue weighted by Gasteiger charge is -2.06. The number of rotatable bonds is 3. The van der Waals surface area contributed by atoms with E-state index in [0.29, 0.717) is 9.79 Å². The Morgan fingerprint density at radius 3 is 2.44 bits per heavy atom. The molecule has 0 radical (unpaired) electrons. The van der Waals surface area contributed by atoms with E-state index in [4.69, 9.17) is 11.6 Å². The summed E-state index contributed by atoms with van der Waals surface area (Å²) in [5.41, 5.74) is 0.201. The first-order chi connectivity index (χ1) is 8.56. The van der Waals surface area contributed by atoms with E-state index < -0.39 is 16.9 Å². The Kier molecular flexibility index (Phi) is 3.99. The van der Waals surface area contributed by atoms with Crippen LogP contribution in [-0.2, 0) is 0 Å². The highest BCUT2D eigenvalue weighted by Gasteiger charge is 2.11. The molecule has 2 aromatic rings. The van der Waals surface area contributed by atoms with Gasteiger partial charge in [-0.15, -0.1) is 0 Å². The second kappa shape index (κ2) is 5.50. The van der Waals surface area contributed by atoms with Gasteiger partial charge >= 0.3 is 0 Å². The Labute approximate surface area is 112 Å². The second-order valence-electron chi connectivity index (χ2n) is 3.47. The highest BCUT2D eigenvalue weighted by atomic mass is 35.5. The highest BCUT2D eigenvalue weighted by molar-refractivity contribution is 7.99. The maximum atomic E-state index is 13.2. The minimum atomic E-state index is -0.672. The van der Waals surface area contributed by atoms with Crippen molar-refractivity contribution in [1.82, 2.24) is 0 Å². The molecular formula is C13H7ClF2OS. The molecule has 0 aliphatic rings. The number of benzene rings is 2. The van der Waals surface area contributed by atoms with Gasteiger partial charge in [-0.2, -0.15) is 0 Å². The first-order valence-corrected chi connectivity index (χ1v) is 6.18. The van der Waals surface area contributed by atoms with E-state index in [1.807, 2.05) is 0 Å². The van der Waals surface area contributed by atoms with Crippen molar-refractivity contribution in [3.8, 4) is 0 Å². The summed E-state index contributed by atoms with van der Waals surface area (Å²) >= 11 is 6.50. The fraction of sp³-hybridized carbons (Fsp3) is 0. The Morgan fingerprint density at radius 2 is 1.78 bits per heavy atom. The highest BCUT2D eigenvalue weighted by Crippen LogP contribution is 2.32. The Bertz CT molecular complexity index is 601. The lowest BCUT2D eigenvalue weighted by Crippen LogP contribution is -1.93. The van der Waals surface area contributed by atoms with Gasteiger partial charge in [-0.3, -0.25) is 4.79 Å². The van der Waals surface area contributed by atoms with E-state index in [1.54, 1.807) is 12.1 Å². The molecule has 1 nitrogen and oxygen atoms in total. The van der Waals surface area contributed by atoms with E-state index in [9.17, 15) is 13.6 Å². The predicted octanol–water partition coefficient (Wildman–Crippen LogP) is 4.50. The average molecular weight is 285 g/mol. The van der Waals surface area contributed by atoms with Crippen LogP contribution >= 0.6 is 23.4 Å². The fourth-order valence-corrected chi connectivity index (χ4v) is 2.64. The van der Waals surface area contributed by atoms with Gasteiger partial charge in [-0.25, -0.2) is 8.78 Å². The molecule has 0 N–H and O–H groups in total. The average Bonchev–Trinajstić information content (AvgIpc) is 2.28. The van der Waals surface area contributed by atoms with Crippen LogP contribution in [0.2, 0.25) is 0 Å². The molecule has 0 aliphatic heterocycles. The van der Waals surface area contributed by atoms with Crippen LogP contribution in [0, 0.1) is 11.6 Å². The molecule has 18 heavy (non-hydrogen) atoms. The van der Waals surface area contributed by atoms with Crippen LogP contribution in [0.5, 0.6) is 0 Å². The normalized spacial score (nSPS) is 10.4. The Morgan fingerprint density at radius 1 is 1.06 bits per heavy atom. The molecule has 0 atom stereocenters. The van der Waals surface area contributed by atoms with Crippen LogP contribution in [0.25, 0.3) is 0 Å². The molecule has 0 saturated carbocycles. The zero-order chi connectivity index (χ0) is 13.1. The van der Waals surface area contributed by atoms with Gasteiger partial charge in [-0.05, 0) is 48.0 Å². The molecule has 0 fully saturated rings. The van der Waals surface area contributed by atoms with Gasteiger partial charge in [0.15, 0.2) is 0 Å².